The Balaban J connectivity index is 3.62. The van der Waals surface area contributed by atoms with Gasteiger partial charge in [-0.25, -0.2) is 0 Å². The fourth-order valence-corrected chi connectivity index (χ4v) is 0.345. The summed E-state index contributed by atoms with van der Waals surface area (Å²) >= 11 is 0. The Morgan fingerprint density at radius 2 is 2.44 bits per heavy atom. The van der Waals surface area contributed by atoms with Crippen molar-refractivity contribution in [2.24, 2.45) is 0 Å². The minimum absolute atomic E-state index is 0.0697. The van der Waals surface area contributed by atoms with Gasteiger partial charge in [0.25, 0.3) is 0 Å². The first-order valence-corrected chi connectivity index (χ1v) is 2.81. The van der Waals surface area contributed by atoms with Crippen LogP contribution in [0.15, 0.2) is 17.4 Å². The summed E-state index contributed by atoms with van der Waals surface area (Å²) in [5.41, 5.74) is 3.68. The summed E-state index contributed by atoms with van der Waals surface area (Å²) in [6.07, 6.45) is 1.74. The van der Waals surface area contributed by atoms with E-state index in [1.54, 1.807) is 13.2 Å². The predicted octanol–water partition coefficient (Wildman–Crippen LogP) is 0.727. The second kappa shape index (κ2) is 5.57. The van der Waals surface area contributed by atoms with Crippen LogP contribution in [0.1, 0.15) is 6.92 Å². The molecule has 0 aliphatic carbocycles. The zero-order chi connectivity index (χ0) is 7.11. The molecular formula is C7H12O2. The van der Waals surface area contributed by atoms with E-state index in [1.165, 1.54) is 0 Å². The average Bonchev–Trinajstić information content (AvgIpc) is 1.89. The van der Waals surface area contributed by atoms with Gasteiger partial charge in [0.15, 0.2) is 0 Å². The quantitative estimate of drug-likeness (QED) is 0.568. The molecular weight excluding hydrogens is 116 g/mol. The van der Waals surface area contributed by atoms with Gasteiger partial charge in [-0.15, -0.1) is 5.73 Å². The van der Waals surface area contributed by atoms with Crippen LogP contribution >= 0.6 is 0 Å². The number of aliphatic hydroxyl groups is 1. The number of hydrogen-bond acceptors (Lipinski definition) is 2. The van der Waals surface area contributed by atoms with Gasteiger partial charge in [-0.2, -0.15) is 0 Å². The number of rotatable bonds is 3. The van der Waals surface area contributed by atoms with Crippen LogP contribution in [0.2, 0.25) is 0 Å². The SMILES string of the molecule is COCC=C=C(C)CO. The van der Waals surface area contributed by atoms with Crippen molar-refractivity contribution >= 4 is 0 Å². The maximum absolute atomic E-state index is 8.47. The van der Waals surface area contributed by atoms with E-state index in [2.05, 4.69) is 5.73 Å². The molecule has 0 fully saturated rings. The van der Waals surface area contributed by atoms with Crippen molar-refractivity contribution in [2.45, 2.75) is 6.92 Å². The van der Waals surface area contributed by atoms with Gasteiger partial charge in [-0.1, -0.05) is 0 Å². The molecule has 0 aromatic heterocycles. The highest BCUT2D eigenvalue weighted by molar-refractivity contribution is 4.97. The molecule has 9 heavy (non-hydrogen) atoms. The third kappa shape index (κ3) is 5.31. The molecule has 0 aromatic rings. The highest BCUT2D eigenvalue weighted by Gasteiger charge is 1.76. The van der Waals surface area contributed by atoms with E-state index in [0.29, 0.717) is 6.61 Å². The van der Waals surface area contributed by atoms with E-state index in [1.807, 2.05) is 6.92 Å². The maximum atomic E-state index is 8.47. The van der Waals surface area contributed by atoms with Crippen LogP contribution in [0.5, 0.6) is 0 Å². The molecule has 0 spiro atoms. The van der Waals surface area contributed by atoms with Crippen LogP contribution in [-0.2, 0) is 4.74 Å². The molecule has 0 saturated carbocycles. The molecule has 0 rings (SSSR count). The molecule has 0 aliphatic heterocycles. The van der Waals surface area contributed by atoms with Crippen LogP contribution in [0.3, 0.4) is 0 Å². The molecule has 0 amide bonds. The Hall–Kier alpha value is -0.560. The van der Waals surface area contributed by atoms with Crippen molar-refractivity contribution in [3.63, 3.8) is 0 Å². The van der Waals surface area contributed by atoms with Gasteiger partial charge in [0.05, 0.1) is 13.2 Å². The van der Waals surface area contributed by atoms with Crippen LogP contribution < -0.4 is 0 Å². The molecule has 0 atom stereocenters. The Bertz CT molecular complexity index is 121. The first-order valence-electron chi connectivity index (χ1n) is 2.81. The molecule has 0 heterocycles. The second-order valence-electron chi connectivity index (χ2n) is 1.74. The van der Waals surface area contributed by atoms with Crippen molar-refractivity contribution in [1.29, 1.82) is 0 Å². The highest BCUT2D eigenvalue weighted by Crippen LogP contribution is 1.83. The largest absolute Gasteiger partial charge is 0.391 e. The van der Waals surface area contributed by atoms with Crippen molar-refractivity contribution in [3.05, 3.63) is 17.4 Å². The van der Waals surface area contributed by atoms with E-state index in [0.717, 1.165) is 5.57 Å². The van der Waals surface area contributed by atoms with Crippen molar-refractivity contribution in [2.75, 3.05) is 20.3 Å². The molecule has 0 aliphatic rings. The van der Waals surface area contributed by atoms with Gasteiger partial charge >= 0.3 is 0 Å². The molecule has 0 saturated heterocycles. The lowest BCUT2D eigenvalue weighted by atomic mass is 10.3. The van der Waals surface area contributed by atoms with E-state index in [-0.39, 0.29) is 6.61 Å². The number of aliphatic hydroxyl groups excluding tert-OH is 1. The Morgan fingerprint density at radius 3 is 2.89 bits per heavy atom. The van der Waals surface area contributed by atoms with Crippen LogP contribution in [-0.4, -0.2) is 25.4 Å². The topological polar surface area (TPSA) is 29.5 Å². The van der Waals surface area contributed by atoms with Gasteiger partial charge in [-0.05, 0) is 18.6 Å². The first-order chi connectivity index (χ1) is 4.31. The molecule has 0 bridgehead atoms. The number of ether oxygens (including phenoxy) is 1. The van der Waals surface area contributed by atoms with E-state index >= 15 is 0 Å². The van der Waals surface area contributed by atoms with E-state index in [4.69, 9.17) is 9.84 Å². The van der Waals surface area contributed by atoms with Gasteiger partial charge in [0.2, 0.25) is 0 Å². The normalized spacial score (nSPS) is 8.33. The van der Waals surface area contributed by atoms with Crippen molar-refractivity contribution in [1.82, 2.24) is 0 Å². The van der Waals surface area contributed by atoms with Crippen LogP contribution in [0.25, 0.3) is 0 Å². The van der Waals surface area contributed by atoms with Gasteiger partial charge in [-0.3, -0.25) is 0 Å². The predicted molar refractivity (Wildman–Crippen MR) is 36.2 cm³/mol. The monoisotopic (exact) mass is 128 g/mol. The Labute approximate surface area is 55.5 Å². The third-order valence-corrected chi connectivity index (χ3v) is 0.836. The summed E-state index contributed by atoms with van der Waals surface area (Å²) < 4.78 is 4.72. The fourth-order valence-electron chi connectivity index (χ4n) is 0.345. The highest BCUT2D eigenvalue weighted by atomic mass is 16.5. The lowest BCUT2D eigenvalue weighted by Gasteiger charge is -1.85. The van der Waals surface area contributed by atoms with Crippen LogP contribution in [0, 0.1) is 0 Å². The summed E-state index contributed by atoms with van der Waals surface area (Å²) in [6.45, 7) is 2.43. The zero-order valence-electron chi connectivity index (χ0n) is 5.85. The van der Waals surface area contributed by atoms with Gasteiger partial charge in [0.1, 0.15) is 0 Å². The summed E-state index contributed by atoms with van der Waals surface area (Å²) in [7, 11) is 1.62. The van der Waals surface area contributed by atoms with Crippen molar-refractivity contribution in [3.8, 4) is 0 Å². The lowest BCUT2D eigenvalue weighted by molar-refractivity contribution is 0.234. The molecule has 0 aromatic carbocycles. The second-order valence-corrected chi connectivity index (χ2v) is 1.74. The third-order valence-electron chi connectivity index (χ3n) is 0.836. The molecule has 52 valence electrons. The minimum Gasteiger partial charge on any atom is -0.391 e. The smallest absolute Gasteiger partial charge is 0.0717 e. The Morgan fingerprint density at radius 1 is 1.78 bits per heavy atom. The van der Waals surface area contributed by atoms with Gasteiger partial charge in [0, 0.05) is 7.11 Å². The summed E-state index contributed by atoms with van der Waals surface area (Å²) in [5, 5.41) is 8.47. The molecule has 2 nitrogen and oxygen atoms in total. The molecule has 1 N–H and O–H groups in total. The maximum Gasteiger partial charge on any atom is 0.0717 e. The summed E-state index contributed by atoms with van der Waals surface area (Å²) in [5.74, 6) is 0. The summed E-state index contributed by atoms with van der Waals surface area (Å²) in [6, 6.07) is 0. The molecule has 0 unspecified atom stereocenters. The van der Waals surface area contributed by atoms with Gasteiger partial charge < -0.3 is 9.84 Å². The fraction of sp³-hybridized carbons (Fsp3) is 0.571. The standard InChI is InChI=1S/C7H12O2/c1-7(6-8)4-3-5-9-2/h3,8H,5-6H2,1-2H3. The number of hydrogen-bond donors (Lipinski definition) is 1. The van der Waals surface area contributed by atoms with Crippen LogP contribution in [0.4, 0.5) is 0 Å². The Kier molecular flexibility index (Phi) is 5.23. The summed E-state index contributed by atoms with van der Waals surface area (Å²) in [4.78, 5) is 0. The minimum atomic E-state index is 0.0697. The van der Waals surface area contributed by atoms with E-state index in [9.17, 15) is 0 Å². The first kappa shape index (κ1) is 8.44. The average molecular weight is 128 g/mol. The number of methoxy groups -OCH3 is 1. The molecule has 0 radical (unpaired) electrons. The van der Waals surface area contributed by atoms with E-state index < -0.39 is 0 Å². The molecule has 2 heteroatoms. The van der Waals surface area contributed by atoms with Crippen molar-refractivity contribution < 1.29 is 9.84 Å². The lowest BCUT2D eigenvalue weighted by Crippen LogP contribution is -1.82. The zero-order valence-corrected chi connectivity index (χ0v) is 5.85.